The molecule has 1 aromatic heterocycles. The Morgan fingerprint density at radius 1 is 1.40 bits per heavy atom. The van der Waals surface area contributed by atoms with Crippen LogP contribution >= 0.6 is 11.8 Å². The average Bonchev–Trinajstić information content (AvgIpc) is 2.70. The molecule has 9 heteroatoms. The molecule has 0 bridgehead atoms. The predicted molar refractivity (Wildman–Crippen MR) is 75.2 cm³/mol. The number of aliphatic carboxylic acids is 1. The maximum atomic E-state index is 12.4. The van der Waals surface area contributed by atoms with E-state index in [0.29, 0.717) is 13.1 Å². The van der Waals surface area contributed by atoms with E-state index in [4.69, 9.17) is 5.11 Å². The first-order valence-electron chi connectivity index (χ1n) is 6.32. The molecule has 1 aliphatic heterocycles. The third-order valence-electron chi connectivity index (χ3n) is 2.98. The Balaban J connectivity index is 2.10. The molecule has 0 aliphatic carbocycles. The monoisotopic (exact) mass is 319 g/mol. The van der Waals surface area contributed by atoms with Crippen LogP contribution in [0.3, 0.4) is 0 Å². The number of carbonyl (C=O) groups is 1. The van der Waals surface area contributed by atoms with Crippen LogP contribution < -0.4 is 0 Å². The molecule has 7 nitrogen and oxygen atoms in total. The summed E-state index contributed by atoms with van der Waals surface area (Å²) in [5.74, 6) is 0.838. The molecule has 1 aliphatic rings. The van der Waals surface area contributed by atoms with Gasteiger partial charge in [0.1, 0.15) is 4.90 Å². The van der Waals surface area contributed by atoms with Gasteiger partial charge in [0, 0.05) is 25.0 Å². The fourth-order valence-electron chi connectivity index (χ4n) is 1.92. The lowest BCUT2D eigenvalue weighted by atomic mass is 10.4. The second-order valence-corrected chi connectivity index (χ2v) is 7.62. The fourth-order valence-corrected chi connectivity index (χ4v) is 4.36. The zero-order chi connectivity index (χ0) is 14.6. The standard InChI is InChI=1S/C11H17N3O4S2/c15-11(16)2-4-13-9-10(8-12-13)20(17,18)14-3-1-6-19-7-5-14/h8-9H,1-7H2,(H,15,16). The summed E-state index contributed by atoms with van der Waals surface area (Å²) >= 11 is 1.76. The van der Waals surface area contributed by atoms with Crippen molar-refractivity contribution in [2.24, 2.45) is 0 Å². The Hall–Kier alpha value is -1.06. The number of sulfonamides is 1. The topological polar surface area (TPSA) is 92.5 Å². The van der Waals surface area contributed by atoms with E-state index >= 15 is 0 Å². The van der Waals surface area contributed by atoms with Crippen LogP contribution in [-0.4, -0.2) is 58.2 Å². The number of nitrogens with zero attached hydrogens (tertiary/aromatic N) is 3. The van der Waals surface area contributed by atoms with Crippen LogP contribution in [0.1, 0.15) is 12.8 Å². The van der Waals surface area contributed by atoms with Gasteiger partial charge in [-0.1, -0.05) is 0 Å². The molecule has 0 unspecified atom stereocenters. The molecule has 2 heterocycles. The van der Waals surface area contributed by atoms with Gasteiger partial charge in [-0.2, -0.15) is 21.2 Å². The zero-order valence-corrected chi connectivity index (χ0v) is 12.6. The van der Waals surface area contributed by atoms with Crippen LogP contribution in [-0.2, 0) is 21.4 Å². The van der Waals surface area contributed by atoms with Crippen LogP contribution in [0.25, 0.3) is 0 Å². The van der Waals surface area contributed by atoms with Crippen molar-refractivity contribution in [3.8, 4) is 0 Å². The summed E-state index contributed by atoms with van der Waals surface area (Å²) in [5.41, 5.74) is 0. The van der Waals surface area contributed by atoms with Crippen molar-refractivity contribution in [1.82, 2.24) is 14.1 Å². The summed E-state index contributed by atoms with van der Waals surface area (Å²) in [6, 6.07) is 0. The van der Waals surface area contributed by atoms with E-state index in [2.05, 4.69) is 5.10 Å². The van der Waals surface area contributed by atoms with Crippen LogP contribution in [0.2, 0.25) is 0 Å². The third kappa shape index (κ3) is 3.74. The van der Waals surface area contributed by atoms with Gasteiger partial charge in [0.25, 0.3) is 0 Å². The summed E-state index contributed by atoms with van der Waals surface area (Å²) in [6.07, 6.45) is 3.45. The minimum Gasteiger partial charge on any atom is -0.481 e. The van der Waals surface area contributed by atoms with Gasteiger partial charge in [0.2, 0.25) is 10.0 Å². The van der Waals surface area contributed by atoms with Crippen molar-refractivity contribution in [2.75, 3.05) is 24.6 Å². The quantitative estimate of drug-likeness (QED) is 0.849. The average molecular weight is 319 g/mol. The number of aryl methyl sites for hydroxylation is 1. The molecule has 1 aromatic rings. The molecule has 1 saturated heterocycles. The highest BCUT2D eigenvalue weighted by molar-refractivity contribution is 7.99. The molecule has 0 amide bonds. The molecular formula is C11H17N3O4S2. The molecular weight excluding hydrogens is 302 g/mol. The number of aromatic nitrogens is 2. The smallest absolute Gasteiger partial charge is 0.305 e. The number of hydrogen-bond acceptors (Lipinski definition) is 5. The number of carboxylic acids is 1. The Morgan fingerprint density at radius 3 is 2.95 bits per heavy atom. The molecule has 1 N–H and O–H groups in total. The van der Waals surface area contributed by atoms with E-state index in [9.17, 15) is 13.2 Å². The molecule has 0 radical (unpaired) electrons. The molecule has 0 saturated carbocycles. The first-order valence-corrected chi connectivity index (χ1v) is 8.92. The Bertz CT molecular complexity index is 562. The maximum absolute atomic E-state index is 12.4. The zero-order valence-electron chi connectivity index (χ0n) is 10.9. The Morgan fingerprint density at radius 2 is 2.20 bits per heavy atom. The highest BCUT2D eigenvalue weighted by Gasteiger charge is 2.26. The molecule has 112 valence electrons. The van der Waals surface area contributed by atoms with Crippen LogP contribution in [0, 0.1) is 0 Å². The first-order chi connectivity index (χ1) is 9.50. The minimum absolute atomic E-state index is 0.0818. The largest absolute Gasteiger partial charge is 0.481 e. The van der Waals surface area contributed by atoms with Crippen molar-refractivity contribution in [3.05, 3.63) is 12.4 Å². The van der Waals surface area contributed by atoms with Gasteiger partial charge in [-0.15, -0.1) is 0 Å². The van der Waals surface area contributed by atoms with Crippen molar-refractivity contribution >= 4 is 27.8 Å². The summed E-state index contributed by atoms with van der Waals surface area (Å²) in [5, 5.41) is 12.5. The van der Waals surface area contributed by atoms with Crippen molar-refractivity contribution in [2.45, 2.75) is 24.3 Å². The molecule has 20 heavy (non-hydrogen) atoms. The number of rotatable bonds is 5. The SMILES string of the molecule is O=C(O)CCn1cc(S(=O)(=O)N2CCCSCC2)cn1. The van der Waals surface area contributed by atoms with Gasteiger partial charge in [0.15, 0.2) is 0 Å². The number of thioether (sulfide) groups is 1. The lowest BCUT2D eigenvalue weighted by molar-refractivity contribution is -0.137. The van der Waals surface area contributed by atoms with Gasteiger partial charge in [-0.05, 0) is 12.2 Å². The summed E-state index contributed by atoms with van der Waals surface area (Å²) in [6.45, 7) is 1.20. The fraction of sp³-hybridized carbons (Fsp3) is 0.636. The van der Waals surface area contributed by atoms with Gasteiger partial charge in [0.05, 0.1) is 19.2 Å². The maximum Gasteiger partial charge on any atom is 0.305 e. The van der Waals surface area contributed by atoms with E-state index in [0.717, 1.165) is 17.9 Å². The summed E-state index contributed by atoms with van der Waals surface area (Å²) < 4.78 is 27.7. The second-order valence-electron chi connectivity index (χ2n) is 4.45. The van der Waals surface area contributed by atoms with Crippen molar-refractivity contribution in [3.63, 3.8) is 0 Å². The third-order valence-corrected chi connectivity index (χ3v) is 5.88. The molecule has 2 rings (SSSR count). The molecule has 0 spiro atoms. The highest BCUT2D eigenvalue weighted by atomic mass is 32.2. The van der Waals surface area contributed by atoms with Crippen LogP contribution in [0.15, 0.2) is 17.3 Å². The Kier molecular flexibility index (Phi) is 5.06. The van der Waals surface area contributed by atoms with E-state index in [1.54, 1.807) is 11.8 Å². The Labute approximate surface area is 122 Å². The van der Waals surface area contributed by atoms with Crippen molar-refractivity contribution < 1.29 is 18.3 Å². The van der Waals surface area contributed by atoms with Gasteiger partial charge in [-0.25, -0.2) is 8.42 Å². The van der Waals surface area contributed by atoms with E-state index in [1.165, 1.54) is 21.4 Å². The molecule has 0 atom stereocenters. The van der Waals surface area contributed by atoms with Gasteiger partial charge < -0.3 is 5.11 Å². The lowest BCUT2D eigenvalue weighted by Gasteiger charge is -2.18. The number of hydrogen-bond donors (Lipinski definition) is 1. The van der Waals surface area contributed by atoms with Crippen LogP contribution in [0.5, 0.6) is 0 Å². The van der Waals surface area contributed by atoms with E-state index in [1.807, 2.05) is 0 Å². The summed E-state index contributed by atoms with van der Waals surface area (Å²) in [7, 11) is -3.51. The second kappa shape index (κ2) is 6.59. The molecule has 1 fully saturated rings. The van der Waals surface area contributed by atoms with Crippen molar-refractivity contribution in [1.29, 1.82) is 0 Å². The van der Waals surface area contributed by atoms with Crippen LogP contribution in [0.4, 0.5) is 0 Å². The van der Waals surface area contributed by atoms with E-state index in [-0.39, 0.29) is 17.9 Å². The summed E-state index contributed by atoms with van der Waals surface area (Å²) in [4.78, 5) is 10.6. The van der Waals surface area contributed by atoms with Gasteiger partial charge in [-0.3, -0.25) is 9.48 Å². The first kappa shape index (κ1) is 15.3. The van der Waals surface area contributed by atoms with Gasteiger partial charge >= 0.3 is 5.97 Å². The molecule has 0 aromatic carbocycles. The number of carboxylic acid groups (broad SMARTS) is 1. The lowest BCUT2D eigenvalue weighted by Crippen LogP contribution is -2.32. The normalized spacial score (nSPS) is 17.8. The highest BCUT2D eigenvalue weighted by Crippen LogP contribution is 2.19. The predicted octanol–water partition coefficient (Wildman–Crippen LogP) is 0.485. The minimum atomic E-state index is -3.51. The van der Waals surface area contributed by atoms with E-state index < -0.39 is 16.0 Å².